The topological polar surface area (TPSA) is 17.1 Å². The van der Waals surface area contributed by atoms with Crippen LogP contribution in [0.1, 0.15) is 35.4 Å². The first-order valence-electron chi connectivity index (χ1n) is 4.77. The Balaban J connectivity index is 2.23. The predicted molar refractivity (Wildman–Crippen MR) is 55.2 cm³/mol. The second-order valence-electron chi connectivity index (χ2n) is 3.85. The highest BCUT2D eigenvalue weighted by Crippen LogP contribution is 2.39. The van der Waals surface area contributed by atoms with Crippen LogP contribution in [0.2, 0.25) is 0 Å². The van der Waals surface area contributed by atoms with Crippen molar-refractivity contribution in [2.75, 3.05) is 0 Å². The summed E-state index contributed by atoms with van der Waals surface area (Å²) in [5, 5.41) is 0. The van der Waals surface area contributed by atoms with Gasteiger partial charge in [-0.15, -0.1) is 11.3 Å². The van der Waals surface area contributed by atoms with Crippen molar-refractivity contribution in [2.24, 2.45) is 5.92 Å². The molecule has 0 N–H and O–H groups in total. The normalized spacial score (nSPS) is 28.3. The van der Waals surface area contributed by atoms with Gasteiger partial charge in [-0.25, -0.2) is 0 Å². The van der Waals surface area contributed by atoms with E-state index in [0.29, 0.717) is 11.7 Å². The summed E-state index contributed by atoms with van der Waals surface area (Å²) in [4.78, 5) is 14.1. The van der Waals surface area contributed by atoms with Gasteiger partial charge in [0.1, 0.15) is 5.78 Å². The zero-order chi connectivity index (χ0) is 9.42. The van der Waals surface area contributed by atoms with Gasteiger partial charge in [-0.05, 0) is 25.5 Å². The highest BCUT2D eigenvalue weighted by molar-refractivity contribution is 7.12. The summed E-state index contributed by atoms with van der Waals surface area (Å²) in [7, 11) is 0. The smallest absolute Gasteiger partial charge is 0.136 e. The minimum Gasteiger partial charge on any atom is -0.299 e. The second kappa shape index (κ2) is 3.26. The Morgan fingerprint density at radius 2 is 2.23 bits per heavy atom. The fourth-order valence-electron chi connectivity index (χ4n) is 2.04. The largest absolute Gasteiger partial charge is 0.299 e. The molecule has 0 amide bonds. The van der Waals surface area contributed by atoms with Gasteiger partial charge in [-0.3, -0.25) is 4.79 Å². The highest BCUT2D eigenvalue weighted by atomic mass is 32.1. The SMILES string of the molecule is Cc1ccc(C2CCC(=O)C2C)s1. The standard InChI is InChI=1S/C11H14OS/c1-7-3-6-11(13-7)9-4-5-10(12)8(9)2/h3,6,8-9H,4-5H2,1-2H3. The summed E-state index contributed by atoms with van der Waals surface area (Å²) >= 11 is 1.84. The van der Waals surface area contributed by atoms with E-state index in [0.717, 1.165) is 12.8 Å². The molecular weight excluding hydrogens is 180 g/mol. The van der Waals surface area contributed by atoms with Gasteiger partial charge in [0.25, 0.3) is 0 Å². The van der Waals surface area contributed by atoms with Crippen molar-refractivity contribution >= 4 is 17.1 Å². The minimum absolute atomic E-state index is 0.248. The van der Waals surface area contributed by atoms with E-state index in [9.17, 15) is 4.79 Å². The third kappa shape index (κ3) is 1.55. The van der Waals surface area contributed by atoms with Gasteiger partial charge in [-0.1, -0.05) is 6.92 Å². The van der Waals surface area contributed by atoms with E-state index in [2.05, 4.69) is 26.0 Å². The molecule has 0 saturated heterocycles. The van der Waals surface area contributed by atoms with Crippen LogP contribution in [0.15, 0.2) is 12.1 Å². The number of carbonyl (C=O) groups is 1. The van der Waals surface area contributed by atoms with Gasteiger partial charge >= 0.3 is 0 Å². The quantitative estimate of drug-likeness (QED) is 0.671. The third-order valence-electron chi connectivity index (χ3n) is 2.94. The van der Waals surface area contributed by atoms with E-state index in [4.69, 9.17) is 0 Å². The van der Waals surface area contributed by atoms with E-state index in [1.54, 1.807) is 0 Å². The van der Waals surface area contributed by atoms with Gasteiger partial charge in [0, 0.05) is 28.0 Å². The molecule has 1 aliphatic carbocycles. The van der Waals surface area contributed by atoms with Crippen molar-refractivity contribution in [2.45, 2.75) is 32.6 Å². The Labute approximate surface area is 82.8 Å². The van der Waals surface area contributed by atoms with Crippen LogP contribution in [0.3, 0.4) is 0 Å². The molecule has 0 aromatic carbocycles. The molecular formula is C11H14OS. The summed E-state index contributed by atoms with van der Waals surface area (Å²) in [5.41, 5.74) is 0. The molecule has 1 fully saturated rings. The molecule has 13 heavy (non-hydrogen) atoms. The summed E-state index contributed by atoms with van der Waals surface area (Å²) in [5.74, 6) is 1.19. The van der Waals surface area contributed by atoms with Crippen molar-refractivity contribution < 1.29 is 4.79 Å². The highest BCUT2D eigenvalue weighted by Gasteiger charge is 2.32. The Bertz CT molecular complexity index is 327. The summed E-state index contributed by atoms with van der Waals surface area (Å²) < 4.78 is 0. The number of aryl methyl sites for hydroxylation is 1. The van der Waals surface area contributed by atoms with Crippen molar-refractivity contribution in [1.82, 2.24) is 0 Å². The average molecular weight is 194 g/mol. The number of thiophene rings is 1. The van der Waals surface area contributed by atoms with Crippen molar-refractivity contribution in [3.8, 4) is 0 Å². The molecule has 70 valence electrons. The van der Waals surface area contributed by atoms with Crippen LogP contribution in [0.5, 0.6) is 0 Å². The Morgan fingerprint density at radius 1 is 1.46 bits per heavy atom. The van der Waals surface area contributed by atoms with E-state index < -0.39 is 0 Å². The van der Waals surface area contributed by atoms with Gasteiger partial charge in [-0.2, -0.15) is 0 Å². The van der Waals surface area contributed by atoms with E-state index >= 15 is 0 Å². The van der Waals surface area contributed by atoms with Gasteiger partial charge in [0.05, 0.1) is 0 Å². The van der Waals surface area contributed by atoms with Crippen LogP contribution in [0.25, 0.3) is 0 Å². The second-order valence-corrected chi connectivity index (χ2v) is 5.17. The van der Waals surface area contributed by atoms with Crippen molar-refractivity contribution in [3.05, 3.63) is 21.9 Å². The molecule has 1 heterocycles. The van der Waals surface area contributed by atoms with Crippen LogP contribution < -0.4 is 0 Å². The maximum atomic E-state index is 11.4. The molecule has 1 saturated carbocycles. The number of hydrogen-bond donors (Lipinski definition) is 0. The lowest BCUT2D eigenvalue weighted by molar-refractivity contribution is -0.120. The molecule has 1 aliphatic rings. The zero-order valence-corrected chi connectivity index (χ0v) is 8.86. The molecule has 2 unspecified atom stereocenters. The van der Waals surface area contributed by atoms with E-state index in [-0.39, 0.29) is 5.92 Å². The van der Waals surface area contributed by atoms with Crippen molar-refractivity contribution in [1.29, 1.82) is 0 Å². The first-order valence-corrected chi connectivity index (χ1v) is 5.59. The Morgan fingerprint density at radius 3 is 2.69 bits per heavy atom. The molecule has 0 bridgehead atoms. The van der Waals surface area contributed by atoms with Crippen LogP contribution in [0, 0.1) is 12.8 Å². The lowest BCUT2D eigenvalue weighted by Gasteiger charge is -2.10. The molecule has 0 spiro atoms. The maximum Gasteiger partial charge on any atom is 0.136 e. The third-order valence-corrected chi connectivity index (χ3v) is 4.07. The summed E-state index contributed by atoms with van der Waals surface area (Å²) in [6.07, 6.45) is 1.84. The molecule has 1 aromatic rings. The Kier molecular flexibility index (Phi) is 2.24. The van der Waals surface area contributed by atoms with Gasteiger partial charge in [0.2, 0.25) is 0 Å². The fourth-order valence-corrected chi connectivity index (χ4v) is 3.16. The number of rotatable bonds is 1. The first kappa shape index (κ1) is 8.95. The molecule has 2 heteroatoms. The fraction of sp³-hybridized carbons (Fsp3) is 0.545. The van der Waals surface area contributed by atoms with Crippen LogP contribution in [-0.2, 0) is 4.79 Å². The summed E-state index contributed by atoms with van der Waals surface area (Å²) in [6, 6.07) is 4.33. The minimum atomic E-state index is 0.248. The number of hydrogen-bond acceptors (Lipinski definition) is 2. The lowest BCUT2D eigenvalue weighted by Crippen LogP contribution is -2.07. The molecule has 2 atom stereocenters. The average Bonchev–Trinajstić information content (AvgIpc) is 2.62. The van der Waals surface area contributed by atoms with E-state index in [1.807, 2.05) is 11.3 Å². The molecule has 1 aromatic heterocycles. The van der Waals surface area contributed by atoms with Crippen LogP contribution in [-0.4, -0.2) is 5.78 Å². The molecule has 2 rings (SSSR count). The number of Topliss-reactive ketones (excluding diaryl/α,β-unsaturated/α-hetero) is 1. The lowest BCUT2D eigenvalue weighted by atomic mass is 9.96. The zero-order valence-electron chi connectivity index (χ0n) is 8.04. The van der Waals surface area contributed by atoms with Crippen LogP contribution >= 0.6 is 11.3 Å². The van der Waals surface area contributed by atoms with Crippen LogP contribution in [0.4, 0.5) is 0 Å². The van der Waals surface area contributed by atoms with Gasteiger partial charge < -0.3 is 0 Å². The monoisotopic (exact) mass is 194 g/mol. The maximum absolute atomic E-state index is 11.4. The summed E-state index contributed by atoms with van der Waals surface area (Å²) in [6.45, 7) is 4.19. The van der Waals surface area contributed by atoms with E-state index in [1.165, 1.54) is 9.75 Å². The van der Waals surface area contributed by atoms with Gasteiger partial charge in [0.15, 0.2) is 0 Å². The predicted octanol–water partition coefficient (Wildman–Crippen LogP) is 3.14. The number of carbonyl (C=O) groups excluding carboxylic acids is 1. The molecule has 0 radical (unpaired) electrons. The number of ketones is 1. The molecule has 0 aliphatic heterocycles. The van der Waals surface area contributed by atoms with Crippen molar-refractivity contribution in [3.63, 3.8) is 0 Å². The molecule has 1 nitrogen and oxygen atoms in total. The Hall–Kier alpha value is -0.630. The first-order chi connectivity index (χ1) is 6.18.